The fourth-order valence-electron chi connectivity index (χ4n) is 4.02. The van der Waals surface area contributed by atoms with E-state index in [0.717, 1.165) is 16.5 Å². The van der Waals surface area contributed by atoms with Gasteiger partial charge in [0.2, 0.25) is 0 Å². The number of hydrogen-bond acceptors (Lipinski definition) is 1. The van der Waals surface area contributed by atoms with Crippen LogP contribution in [0, 0.1) is 17.6 Å². The van der Waals surface area contributed by atoms with Gasteiger partial charge in [0, 0.05) is 49.1 Å². The van der Waals surface area contributed by atoms with E-state index in [2.05, 4.69) is 4.98 Å². The largest absolute Gasteiger partial charge is 0.361 e. The van der Waals surface area contributed by atoms with Crippen molar-refractivity contribution in [3.05, 3.63) is 71.4 Å². The highest BCUT2D eigenvalue weighted by atomic mass is 19.3. The van der Waals surface area contributed by atoms with Crippen LogP contribution >= 0.6 is 0 Å². The second kappa shape index (κ2) is 7.59. The molecule has 0 radical (unpaired) electrons. The lowest BCUT2D eigenvalue weighted by Gasteiger charge is -2.38. The van der Waals surface area contributed by atoms with Gasteiger partial charge in [0.25, 0.3) is 5.92 Å². The molecule has 0 spiro atoms. The first kappa shape index (κ1) is 19.0. The predicted octanol–water partition coefficient (Wildman–Crippen LogP) is 5.54. The van der Waals surface area contributed by atoms with Crippen molar-refractivity contribution in [1.29, 1.82) is 0 Å². The number of benzene rings is 2. The highest BCUT2D eigenvalue weighted by Crippen LogP contribution is 2.37. The third kappa shape index (κ3) is 4.07. The highest BCUT2D eigenvalue weighted by Gasteiger charge is 2.43. The maximum absolute atomic E-state index is 14.5. The first-order valence-corrected chi connectivity index (χ1v) is 9.51. The number of aromatic nitrogens is 1. The molecule has 148 valence electrons. The van der Waals surface area contributed by atoms with Crippen molar-refractivity contribution in [3.8, 4) is 0 Å². The normalized spacial score (nSPS) is 19.9. The lowest BCUT2D eigenvalue weighted by Crippen LogP contribution is -2.46. The van der Waals surface area contributed by atoms with Gasteiger partial charge in [-0.15, -0.1) is 0 Å². The summed E-state index contributed by atoms with van der Waals surface area (Å²) in [5, 5.41) is 0.918. The Morgan fingerprint density at radius 1 is 1.04 bits per heavy atom. The molecular formula is C22H22F4N2. The van der Waals surface area contributed by atoms with Gasteiger partial charge in [-0.3, -0.25) is 4.90 Å². The van der Waals surface area contributed by atoms with Crippen LogP contribution in [0.1, 0.15) is 24.0 Å². The summed E-state index contributed by atoms with van der Waals surface area (Å²) in [4.78, 5) is 5.09. The van der Waals surface area contributed by atoms with Crippen LogP contribution in [-0.4, -0.2) is 28.9 Å². The SMILES string of the molecule is Fc1ccc(CC[C@@H]2CN(Cc3c[nH]c4cc(F)ccc34)CCC2(F)F)cc1. The lowest BCUT2D eigenvalue weighted by atomic mass is 9.88. The Labute approximate surface area is 161 Å². The van der Waals surface area contributed by atoms with E-state index in [1.165, 1.54) is 24.3 Å². The molecule has 2 aromatic carbocycles. The second-order valence-electron chi connectivity index (χ2n) is 7.61. The minimum absolute atomic E-state index is 0.169. The van der Waals surface area contributed by atoms with E-state index < -0.39 is 11.8 Å². The number of aryl methyl sites for hydroxylation is 1. The number of nitrogens with one attached hydrogen (secondary N) is 1. The average Bonchev–Trinajstić information content (AvgIpc) is 3.05. The number of rotatable bonds is 5. The van der Waals surface area contributed by atoms with Crippen molar-refractivity contribution in [1.82, 2.24) is 9.88 Å². The number of hydrogen-bond donors (Lipinski definition) is 1. The summed E-state index contributed by atoms with van der Waals surface area (Å²) >= 11 is 0. The molecule has 1 aromatic heterocycles. The highest BCUT2D eigenvalue weighted by molar-refractivity contribution is 5.83. The summed E-state index contributed by atoms with van der Waals surface area (Å²) in [5.41, 5.74) is 2.57. The van der Waals surface area contributed by atoms with Crippen LogP contribution < -0.4 is 0 Å². The van der Waals surface area contributed by atoms with E-state index in [1.807, 2.05) is 11.1 Å². The minimum Gasteiger partial charge on any atom is -0.361 e. The molecule has 1 aliphatic heterocycles. The van der Waals surface area contributed by atoms with Crippen molar-refractivity contribution in [2.45, 2.75) is 31.7 Å². The maximum Gasteiger partial charge on any atom is 0.253 e. The number of likely N-dealkylation sites (tertiary alicyclic amines) is 1. The van der Waals surface area contributed by atoms with Gasteiger partial charge in [-0.05, 0) is 54.3 Å². The van der Waals surface area contributed by atoms with Crippen molar-refractivity contribution in [3.63, 3.8) is 0 Å². The molecule has 1 atom stereocenters. The monoisotopic (exact) mass is 390 g/mol. The zero-order valence-corrected chi connectivity index (χ0v) is 15.4. The third-order valence-corrected chi connectivity index (χ3v) is 5.66. The summed E-state index contributed by atoms with van der Waals surface area (Å²) in [5.74, 6) is -4.07. The Morgan fingerprint density at radius 3 is 2.57 bits per heavy atom. The number of halogens is 4. The molecule has 0 unspecified atom stereocenters. The van der Waals surface area contributed by atoms with Crippen molar-refractivity contribution < 1.29 is 17.6 Å². The zero-order valence-electron chi connectivity index (χ0n) is 15.4. The van der Waals surface area contributed by atoms with E-state index in [9.17, 15) is 17.6 Å². The minimum atomic E-state index is -2.69. The molecule has 0 amide bonds. The van der Waals surface area contributed by atoms with Gasteiger partial charge in [-0.1, -0.05) is 12.1 Å². The number of H-pyrrole nitrogens is 1. The fourth-order valence-corrected chi connectivity index (χ4v) is 4.02. The molecule has 0 bridgehead atoms. The quantitative estimate of drug-likeness (QED) is 0.567. The molecule has 4 rings (SSSR count). The predicted molar refractivity (Wildman–Crippen MR) is 101 cm³/mol. The summed E-state index contributed by atoms with van der Waals surface area (Å²) in [6.07, 6.45) is 2.51. The summed E-state index contributed by atoms with van der Waals surface area (Å²) in [6, 6.07) is 10.6. The van der Waals surface area contributed by atoms with E-state index in [-0.39, 0.29) is 18.1 Å². The van der Waals surface area contributed by atoms with Crippen LogP contribution in [0.25, 0.3) is 10.9 Å². The van der Waals surface area contributed by atoms with E-state index in [1.54, 1.807) is 18.2 Å². The maximum atomic E-state index is 14.5. The van der Waals surface area contributed by atoms with Gasteiger partial charge in [0.15, 0.2) is 0 Å². The fraction of sp³-hybridized carbons (Fsp3) is 0.364. The standard InChI is InChI=1S/C22H22F4N2/c23-18-5-2-15(3-6-18)1-4-17-14-28(10-9-22(17,25)26)13-16-12-27-21-11-19(24)7-8-20(16)21/h2-3,5-8,11-12,17,27H,1,4,9-10,13-14H2/t17-/m1/s1. The Kier molecular flexibility index (Phi) is 5.15. The summed E-state index contributed by atoms with van der Waals surface area (Å²) in [7, 11) is 0. The van der Waals surface area contributed by atoms with Crippen molar-refractivity contribution in [2.24, 2.45) is 5.92 Å². The molecule has 0 saturated carbocycles. The van der Waals surface area contributed by atoms with Crippen LogP contribution in [-0.2, 0) is 13.0 Å². The van der Waals surface area contributed by atoms with Crippen LogP contribution in [0.3, 0.4) is 0 Å². The van der Waals surface area contributed by atoms with Gasteiger partial charge in [0.05, 0.1) is 0 Å². The summed E-state index contributed by atoms with van der Waals surface area (Å²) in [6.45, 7) is 1.19. The first-order valence-electron chi connectivity index (χ1n) is 9.51. The van der Waals surface area contributed by atoms with Crippen LogP contribution in [0.5, 0.6) is 0 Å². The number of fused-ring (bicyclic) bond motifs is 1. The molecular weight excluding hydrogens is 368 g/mol. The van der Waals surface area contributed by atoms with Crippen molar-refractivity contribution in [2.75, 3.05) is 13.1 Å². The molecule has 0 aliphatic carbocycles. The van der Waals surface area contributed by atoms with Crippen LogP contribution in [0.15, 0.2) is 48.7 Å². The Balaban J connectivity index is 1.43. The molecule has 1 aliphatic rings. The third-order valence-electron chi connectivity index (χ3n) is 5.66. The Bertz CT molecular complexity index is 949. The molecule has 1 fully saturated rings. The van der Waals surface area contributed by atoms with Gasteiger partial charge < -0.3 is 4.98 Å². The first-order chi connectivity index (χ1) is 13.4. The smallest absolute Gasteiger partial charge is 0.253 e. The van der Waals surface area contributed by atoms with Crippen molar-refractivity contribution >= 4 is 10.9 Å². The van der Waals surface area contributed by atoms with Crippen LogP contribution in [0.4, 0.5) is 17.6 Å². The topological polar surface area (TPSA) is 19.0 Å². The lowest BCUT2D eigenvalue weighted by molar-refractivity contribution is -0.109. The zero-order chi connectivity index (χ0) is 19.7. The van der Waals surface area contributed by atoms with E-state index in [0.29, 0.717) is 38.0 Å². The molecule has 2 heterocycles. The Hall–Kier alpha value is -2.34. The molecule has 28 heavy (non-hydrogen) atoms. The second-order valence-corrected chi connectivity index (χ2v) is 7.61. The van der Waals surface area contributed by atoms with Crippen LogP contribution in [0.2, 0.25) is 0 Å². The number of aromatic amines is 1. The molecule has 1 saturated heterocycles. The van der Waals surface area contributed by atoms with Gasteiger partial charge in [-0.25, -0.2) is 17.6 Å². The number of alkyl halides is 2. The molecule has 2 nitrogen and oxygen atoms in total. The summed E-state index contributed by atoms with van der Waals surface area (Å²) < 4.78 is 55.3. The molecule has 6 heteroatoms. The van der Waals surface area contributed by atoms with Gasteiger partial charge >= 0.3 is 0 Å². The van der Waals surface area contributed by atoms with Gasteiger partial charge in [-0.2, -0.15) is 0 Å². The van der Waals surface area contributed by atoms with Gasteiger partial charge in [0.1, 0.15) is 11.6 Å². The average molecular weight is 390 g/mol. The van der Waals surface area contributed by atoms with E-state index in [4.69, 9.17) is 0 Å². The number of piperidine rings is 1. The molecule has 1 N–H and O–H groups in total. The Morgan fingerprint density at radius 2 is 1.79 bits per heavy atom. The number of nitrogens with zero attached hydrogens (tertiary/aromatic N) is 1. The van der Waals surface area contributed by atoms with E-state index >= 15 is 0 Å². The molecule has 3 aromatic rings.